The Balaban J connectivity index is 1.94. The molecule has 2 N–H and O–H groups in total. The topological polar surface area (TPSA) is 81.6 Å². The van der Waals surface area contributed by atoms with Crippen LogP contribution >= 0.6 is 23.2 Å². The molecule has 0 aliphatic heterocycles. The van der Waals surface area contributed by atoms with Gasteiger partial charge < -0.3 is 9.26 Å². The van der Waals surface area contributed by atoms with E-state index in [1.165, 1.54) is 6.92 Å². The normalized spacial score (nSPS) is 10.7. The highest BCUT2D eigenvalue weighted by Gasteiger charge is 2.26. The van der Waals surface area contributed by atoms with Crippen molar-refractivity contribution in [2.45, 2.75) is 6.92 Å². The van der Waals surface area contributed by atoms with Gasteiger partial charge in [0.25, 0.3) is 0 Å². The van der Waals surface area contributed by atoms with Gasteiger partial charge >= 0.3 is 6.09 Å². The minimum atomic E-state index is -1.16. The van der Waals surface area contributed by atoms with E-state index in [4.69, 9.17) is 38.3 Å². The molecule has 0 unspecified atom stereocenters. The average Bonchev–Trinajstić information content (AvgIpc) is 2.95. The molecule has 2 aromatic carbocycles. The van der Waals surface area contributed by atoms with Crippen molar-refractivity contribution in [3.05, 3.63) is 63.8 Å². The summed E-state index contributed by atoms with van der Waals surface area (Å²) in [6.45, 7) is 1.49. The van der Waals surface area contributed by atoms with E-state index in [-0.39, 0.29) is 38.5 Å². The molecular weight excluding hydrogens is 403 g/mol. The number of carbonyl (C=O) groups is 1. The SMILES string of the molecule is Cc1onc(-c2c(Cl)cccc2Cl)c1OC(=O)N(N)c1ccc(F)cc1F. The van der Waals surface area contributed by atoms with Crippen LogP contribution in [0.5, 0.6) is 5.75 Å². The van der Waals surface area contributed by atoms with E-state index >= 15 is 0 Å². The van der Waals surface area contributed by atoms with E-state index in [1.807, 2.05) is 0 Å². The zero-order valence-electron chi connectivity index (χ0n) is 13.7. The van der Waals surface area contributed by atoms with Crippen molar-refractivity contribution in [3.63, 3.8) is 0 Å². The minimum absolute atomic E-state index is 0.0735. The van der Waals surface area contributed by atoms with Crippen molar-refractivity contribution in [1.29, 1.82) is 0 Å². The molecule has 27 heavy (non-hydrogen) atoms. The summed E-state index contributed by atoms with van der Waals surface area (Å²) >= 11 is 12.3. The number of halogens is 4. The number of benzene rings is 2. The molecule has 0 saturated heterocycles. The lowest BCUT2D eigenvalue weighted by Gasteiger charge is -2.17. The second kappa shape index (κ2) is 7.51. The third-order valence-electron chi connectivity index (χ3n) is 3.56. The molecule has 3 rings (SSSR count). The molecule has 0 fully saturated rings. The van der Waals surface area contributed by atoms with Crippen molar-refractivity contribution in [2.24, 2.45) is 5.84 Å². The third-order valence-corrected chi connectivity index (χ3v) is 4.19. The number of nitrogens with zero attached hydrogens (tertiary/aromatic N) is 2. The fraction of sp³-hybridized carbons (Fsp3) is 0.0588. The van der Waals surface area contributed by atoms with Gasteiger partial charge in [0.2, 0.25) is 5.75 Å². The maximum atomic E-state index is 13.8. The molecule has 0 radical (unpaired) electrons. The summed E-state index contributed by atoms with van der Waals surface area (Å²) in [6.07, 6.45) is -1.16. The lowest BCUT2D eigenvalue weighted by atomic mass is 10.1. The summed E-state index contributed by atoms with van der Waals surface area (Å²) in [4.78, 5) is 12.3. The molecule has 3 aromatic rings. The zero-order valence-corrected chi connectivity index (χ0v) is 15.2. The smallest absolute Gasteiger partial charge is 0.403 e. The molecule has 140 valence electrons. The quantitative estimate of drug-likeness (QED) is 0.366. The first kappa shape index (κ1) is 19.1. The molecule has 1 heterocycles. The molecule has 0 aliphatic carbocycles. The first-order chi connectivity index (χ1) is 12.8. The van der Waals surface area contributed by atoms with Crippen LogP contribution < -0.4 is 15.6 Å². The molecule has 1 amide bonds. The van der Waals surface area contributed by atoms with Crippen LogP contribution in [-0.2, 0) is 0 Å². The van der Waals surface area contributed by atoms with Gasteiger partial charge in [0.1, 0.15) is 5.82 Å². The standard InChI is InChI=1S/C17H11Cl2F2N3O3/c1-8-16(15(23-27-8)14-10(18)3-2-4-11(14)19)26-17(25)24(22)13-6-5-9(20)7-12(13)21/h2-7H,22H2,1H3. The van der Waals surface area contributed by atoms with E-state index < -0.39 is 17.7 Å². The van der Waals surface area contributed by atoms with Gasteiger partial charge in [-0.25, -0.2) is 24.4 Å². The fourth-order valence-electron chi connectivity index (χ4n) is 2.28. The van der Waals surface area contributed by atoms with Gasteiger partial charge in [-0.15, -0.1) is 0 Å². The number of hydrogen-bond acceptors (Lipinski definition) is 5. The highest BCUT2D eigenvalue weighted by Crippen LogP contribution is 2.40. The zero-order chi connectivity index (χ0) is 19.7. The lowest BCUT2D eigenvalue weighted by molar-refractivity contribution is 0.206. The van der Waals surface area contributed by atoms with Crippen LogP contribution in [0.25, 0.3) is 11.3 Å². The summed E-state index contributed by atoms with van der Waals surface area (Å²) in [5, 5.41) is 4.71. The number of nitrogens with two attached hydrogens (primary N) is 1. The van der Waals surface area contributed by atoms with Crippen LogP contribution in [0.4, 0.5) is 19.3 Å². The lowest BCUT2D eigenvalue weighted by Crippen LogP contribution is -2.40. The number of hydrogen-bond donors (Lipinski definition) is 1. The molecule has 0 atom stereocenters. The van der Waals surface area contributed by atoms with Gasteiger partial charge in [-0.05, 0) is 24.3 Å². The summed E-state index contributed by atoms with van der Waals surface area (Å²) < 4.78 is 37.1. The van der Waals surface area contributed by atoms with Crippen LogP contribution in [0.15, 0.2) is 40.9 Å². The van der Waals surface area contributed by atoms with E-state index in [1.54, 1.807) is 18.2 Å². The Bertz CT molecular complexity index is 1010. The number of hydrazine groups is 1. The predicted molar refractivity (Wildman–Crippen MR) is 95.7 cm³/mol. The predicted octanol–water partition coefficient (Wildman–Crippen LogP) is 5.11. The molecular formula is C17H11Cl2F2N3O3. The number of carbonyl (C=O) groups excluding carboxylic acids is 1. The summed E-state index contributed by atoms with van der Waals surface area (Å²) in [7, 11) is 0. The highest BCUT2D eigenvalue weighted by molar-refractivity contribution is 6.39. The van der Waals surface area contributed by atoms with E-state index in [2.05, 4.69) is 5.16 Å². The average molecular weight is 414 g/mol. The summed E-state index contributed by atoms with van der Waals surface area (Å²) in [5.41, 5.74) is -0.0192. The second-order valence-electron chi connectivity index (χ2n) is 5.35. The second-order valence-corrected chi connectivity index (χ2v) is 6.16. The molecule has 1 aromatic heterocycles. The summed E-state index contributed by atoms with van der Waals surface area (Å²) in [6, 6.07) is 7.31. The van der Waals surface area contributed by atoms with Crippen LogP contribution in [0, 0.1) is 18.6 Å². The Morgan fingerprint density at radius 2 is 1.89 bits per heavy atom. The number of anilines is 1. The highest BCUT2D eigenvalue weighted by atomic mass is 35.5. The Kier molecular flexibility index (Phi) is 5.31. The van der Waals surface area contributed by atoms with Gasteiger partial charge in [0.05, 0.1) is 15.7 Å². The molecule has 6 nitrogen and oxygen atoms in total. The monoisotopic (exact) mass is 413 g/mol. The van der Waals surface area contributed by atoms with E-state index in [0.717, 1.165) is 12.1 Å². The first-order valence-electron chi connectivity index (χ1n) is 7.42. The van der Waals surface area contributed by atoms with Gasteiger partial charge in [-0.2, -0.15) is 0 Å². The van der Waals surface area contributed by atoms with Crippen molar-refractivity contribution in [2.75, 3.05) is 5.01 Å². The first-order valence-corrected chi connectivity index (χ1v) is 8.17. The van der Waals surface area contributed by atoms with Gasteiger partial charge in [-0.1, -0.05) is 34.4 Å². The van der Waals surface area contributed by atoms with E-state index in [0.29, 0.717) is 11.1 Å². The van der Waals surface area contributed by atoms with E-state index in [9.17, 15) is 13.6 Å². The maximum Gasteiger partial charge on any atom is 0.434 e. The van der Waals surface area contributed by atoms with Gasteiger partial charge in [-0.3, -0.25) is 0 Å². The minimum Gasteiger partial charge on any atom is -0.403 e. The van der Waals surface area contributed by atoms with Gasteiger partial charge in [0.15, 0.2) is 17.3 Å². The summed E-state index contributed by atoms with van der Waals surface area (Å²) in [5.74, 6) is 3.80. The third kappa shape index (κ3) is 3.73. The molecule has 0 spiro atoms. The largest absolute Gasteiger partial charge is 0.434 e. The number of rotatable bonds is 3. The number of aromatic nitrogens is 1. The number of aryl methyl sites for hydroxylation is 1. The number of ether oxygens (including phenoxy) is 1. The van der Waals surface area contributed by atoms with Crippen molar-refractivity contribution in [1.82, 2.24) is 5.16 Å². The van der Waals surface area contributed by atoms with Crippen LogP contribution in [0.2, 0.25) is 10.0 Å². The molecule has 10 heteroatoms. The maximum absolute atomic E-state index is 13.8. The molecule has 0 bridgehead atoms. The Hall–Kier alpha value is -2.68. The van der Waals surface area contributed by atoms with Crippen molar-refractivity contribution >= 4 is 35.0 Å². The number of amides is 1. The molecule has 0 aliphatic rings. The Labute approximate surface area is 162 Å². The van der Waals surface area contributed by atoms with Crippen LogP contribution in [0.3, 0.4) is 0 Å². The fourth-order valence-corrected chi connectivity index (χ4v) is 2.86. The van der Waals surface area contributed by atoms with Crippen LogP contribution in [0.1, 0.15) is 5.76 Å². The van der Waals surface area contributed by atoms with Crippen molar-refractivity contribution in [3.8, 4) is 17.0 Å². The Morgan fingerprint density at radius 1 is 1.22 bits per heavy atom. The van der Waals surface area contributed by atoms with Crippen molar-refractivity contribution < 1.29 is 22.8 Å². The van der Waals surface area contributed by atoms with Crippen LogP contribution in [-0.4, -0.2) is 11.2 Å². The van der Waals surface area contributed by atoms with Gasteiger partial charge in [0, 0.05) is 18.6 Å². The Morgan fingerprint density at radius 3 is 2.52 bits per heavy atom. The molecule has 0 saturated carbocycles.